The highest BCUT2D eigenvalue weighted by Crippen LogP contribution is 2.40. The molecule has 3 atom stereocenters. The number of hydrogen-bond donors (Lipinski definition) is 1. The molecule has 0 bridgehead atoms. The third-order valence-corrected chi connectivity index (χ3v) is 7.61. The first kappa shape index (κ1) is 19.3. The molecule has 1 N–H and O–H groups in total. The number of sulfonamides is 1. The Bertz CT molecular complexity index is 736. The van der Waals surface area contributed by atoms with Crippen LogP contribution in [0, 0.1) is 17.7 Å². The molecule has 2 fully saturated rings. The first-order valence-corrected chi connectivity index (χ1v) is 10.8. The van der Waals surface area contributed by atoms with Crippen molar-refractivity contribution in [3.05, 3.63) is 30.1 Å². The molecule has 7 heteroatoms. The lowest BCUT2D eigenvalue weighted by molar-refractivity contribution is -0.122. The SMILES string of the molecule is CN(CC(=O)N[C@@H]1CC[C@@H]2CCCC[C@H]2C1)S(=O)(=O)c1ccc(F)cc1. The average molecular weight is 383 g/mol. The van der Waals surface area contributed by atoms with Gasteiger partial charge in [-0.2, -0.15) is 4.31 Å². The third kappa shape index (κ3) is 4.43. The number of rotatable bonds is 5. The molecule has 144 valence electrons. The van der Waals surface area contributed by atoms with Crippen LogP contribution >= 0.6 is 0 Å². The predicted molar refractivity (Wildman–Crippen MR) is 97.4 cm³/mol. The lowest BCUT2D eigenvalue weighted by atomic mass is 9.69. The average Bonchev–Trinajstić information content (AvgIpc) is 2.61. The molecule has 1 amide bonds. The van der Waals surface area contributed by atoms with Gasteiger partial charge in [0.05, 0.1) is 11.4 Å². The fourth-order valence-corrected chi connectivity index (χ4v) is 5.48. The topological polar surface area (TPSA) is 66.5 Å². The number of likely N-dealkylation sites (N-methyl/N-ethyl adjacent to an activating group) is 1. The summed E-state index contributed by atoms with van der Waals surface area (Å²) in [6.45, 7) is -0.232. The Morgan fingerprint density at radius 1 is 1.12 bits per heavy atom. The van der Waals surface area contributed by atoms with Gasteiger partial charge in [-0.05, 0) is 55.4 Å². The van der Waals surface area contributed by atoms with E-state index in [1.165, 1.54) is 44.9 Å². The van der Waals surface area contributed by atoms with Crippen LogP contribution in [0.2, 0.25) is 0 Å². The van der Waals surface area contributed by atoms with E-state index in [9.17, 15) is 17.6 Å². The predicted octanol–water partition coefficient (Wildman–Crippen LogP) is 2.92. The van der Waals surface area contributed by atoms with Crippen molar-refractivity contribution >= 4 is 15.9 Å². The molecule has 1 aromatic rings. The van der Waals surface area contributed by atoms with Crippen LogP contribution in [0.3, 0.4) is 0 Å². The van der Waals surface area contributed by atoms with Crippen LogP contribution in [0.5, 0.6) is 0 Å². The van der Waals surface area contributed by atoms with E-state index >= 15 is 0 Å². The van der Waals surface area contributed by atoms with Crippen molar-refractivity contribution in [2.75, 3.05) is 13.6 Å². The highest BCUT2D eigenvalue weighted by molar-refractivity contribution is 7.89. The number of nitrogens with one attached hydrogen (secondary N) is 1. The van der Waals surface area contributed by atoms with E-state index in [2.05, 4.69) is 5.32 Å². The van der Waals surface area contributed by atoms with E-state index in [-0.39, 0.29) is 23.4 Å². The van der Waals surface area contributed by atoms with Gasteiger partial charge in [-0.3, -0.25) is 4.79 Å². The van der Waals surface area contributed by atoms with Gasteiger partial charge in [0.2, 0.25) is 15.9 Å². The highest BCUT2D eigenvalue weighted by Gasteiger charge is 2.33. The van der Waals surface area contributed by atoms with Gasteiger partial charge in [-0.1, -0.05) is 25.7 Å². The molecule has 2 aliphatic rings. The molecule has 1 aromatic carbocycles. The second kappa shape index (κ2) is 8.05. The Morgan fingerprint density at radius 3 is 2.46 bits per heavy atom. The maximum Gasteiger partial charge on any atom is 0.243 e. The van der Waals surface area contributed by atoms with Crippen LogP contribution in [0.4, 0.5) is 4.39 Å². The zero-order valence-corrected chi connectivity index (χ0v) is 16.0. The van der Waals surface area contributed by atoms with Crippen molar-refractivity contribution in [2.24, 2.45) is 11.8 Å². The molecular weight excluding hydrogens is 355 g/mol. The zero-order chi connectivity index (χ0) is 18.7. The van der Waals surface area contributed by atoms with Gasteiger partial charge in [0, 0.05) is 13.1 Å². The molecule has 0 aliphatic heterocycles. The minimum absolute atomic E-state index is 0.0167. The van der Waals surface area contributed by atoms with Crippen molar-refractivity contribution in [1.29, 1.82) is 0 Å². The van der Waals surface area contributed by atoms with Crippen molar-refractivity contribution in [3.8, 4) is 0 Å². The summed E-state index contributed by atoms with van der Waals surface area (Å²) >= 11 is 0. The standard InChI is InChI=1S/C19H27FN2O3S/c1-22(26(24,25)18-10-7-16(20)8-11-18)13-19(23)21-17-9-6-14-4-2-3-5-15(14)12-17/h7-8,10-11,14-15,17H,2-6,9,12-13H2,1H3,(H,21,23)/t14-,15-,17+/m0/s1. The van der Waals surface area contributed by atoms with Crippen LogP contribution in [0.25, 0.3) is 0 Å². The fourth-order valence-electron chi connectivity index (χ4n) is 4.35. The van der Waals surface area contributed by atoms with E-state index in [4.69, 9.17) is 0 Å². The number of nitrogens with zero attached hydrogens (tertiary/aromatic N) is 1. The molecule has 0 spiro atoms. The third-order valence-electron chi connectivity index (χ3n) is 5.79. The second-order valence-electron chi connectivity index (χ2n) is 7.60. The number of carbonyl (C=O) groups excluding carboxylic acids is 1. The molecule has 26 heavy (non-hydrogen) atoms. The Labute approximate surface area is 155 Å². The van der Waals surface area contributed by atoms with Crippen molar-refractivity contribution in [2.45, 2.75) is 55.9 Å². The number of benzene rings is 1. The first-order valence-electron chi connectivity index (χ1n) is 9.37. The number of amides is 1. The molecular formula is C19H27FN2O3S. The molecule has 0 heterocycles. The molecule has 0 aromatic heterocycles. The summed E-state index contributed by atoms with van der Waals surface area (Å²) < 4.78 is 39.0. The molecule has 5 nitrogen and oxygen atoms in total. The number of halogens is 1. The van der Waals surface area contributed by atoms with Gasteiger partial charge in [-0.25, -0.2) is 12.8 Å². The summed E-state index contributed by atoms with van der Waals surface area (Å²) in [6, 6.07) is 4.77. The molecule has 2 aliphatic carbocycles. The molecule has 0 radical (unpaired) electrons. The largest absolute Gasteiger partial charge is 0.352 e. The van der Waals surface area contributed by atoms with Crippen LogP contribution in [0.15, 0.2) is 29.2 Å². The highest BCUT2D eigenvalue weighted by atomic mass is 32.2. The van der Waals surface area contributed by atoms with E-state index in [1.807, 2.05) is 0 Å². The molecule has 3 rings (SSSR count). The van der Waals surface area contributed by atoms with Crippen molar-refractivity contribution in [1.82, 2.24) is 9.62 Å². The van der Waals surface area contributed by atoms with Gasteiger partial charge in [0.25, 0.3) is 0 Å². The second-order valence-corrected chi connectivity index (χ2v) is 9.64. The number of carbonyl (C=O) groups is 1. The summed E-state index contributed by atoms with van der Waals surface area (Å²) in [7, 11) is -2.43. The maximum absolute atomic E-state index is 13.0. The minimum atomic E-state index is -3.80. The van der Waals surface area contributed by atoms with E-state index in [1.54, 1.807) is 0 Å². The summed E-state index contributed by atoms with van der Waals surface area (Å²) in [5.41, 5.74) is 0. The monoisotopic (exact) mass is 382 g/mol. The maximum atomic E-state index is 13.0. The van der Waals surface area contributed by atoms with Gasteiger partial charge in [-0.15, -0.1) is 0 Å². The van der Waals surface area contributed by atoms with Gasteiger partial charge >= 0.3 is 0 Å². The van der Waals surface area contributed by atoms with E-state index in [0.717, 1.165) is 41.6 Å². The first-order chi connectivity index (χ1) is 12.4. The summed E-state index contributed by atoms with van der Waals surface area (Å²) in [4.78, 5) is 12.3. The molecule has 0 saturated heterocycles. The normalized spacial score (nSPS) is 26.3. The minimum Gasteiger partial charge on any atom is -0.352 e. The van der Waals surface area contributed by atoms with Gasteiger partial charge < -0.3 is 5.32 Å². The van der Waals surface area contributed by atoms with E-state index < -0.39 is 15.8 Å². The van der Waals surface area contributed by atoms with Crippen LogP contribution in [-0.4, -0.2) is 38.3 Å². The Hall–Kier alpha value is -1.47. The Balaban J connectivity index is 1.55. The lowest BCUT2D eigenvalue weighted by Gasteiger charge is -2.39. The Kier molecular flexibility index (Phi) is 5.97. The summed E-state index contributed by atoms with van der Waals surface area (Å²) in [5.74, 6) is 0.724. The van der Waals surface area contributed by atoms with Crippen molar-refractivity contribution in [3.63, 3.8) is 0 Å². The fraction of sp³-hybridized carbons (Fsp3) is 0.632. The summed E-state index contributed by atoms with van der Waals surface area (Å²) in [6.07, 6.45) is 8.29. The molecule has 0 unspecified atom stereocenters. The molecule has 2 saturated carbocycles. The lowest BCUT2D eigenvalue weighted by Crippen LogP contribution is -2.45. The quantitative estimate of drug-likeness (QED) is 0.851. The zero-order valence-electron chi connectivity index (χ0n) is 15.2. The number of fused-ring (bicyclic) bond motifs is 1. The van der Waals surface area contributed by atoms with E-state index in [0.29, 0.717) is 5.92 Å². The van der Waals surface area contributed by atoms with Crippen molar-refractivity contribution < 1.29 is 17.6 Å². The smallest absolute Gasteiger partial charge is 0.243 e. The number of hydrogen-bond acceptors (Lipinski definition) is 3. The van der Waals surface area contributed by atoms with Crippen LogP contribution in [-0.2, 0) is 14.8 Å². The Morgan fingerprint density at radius 2 is 1.77 bits per heavy atom. The van der Waals surface area contributed by atoms with Crippen LogP contribution in [0.1, 0.15) is 44.9 Å². The van der Waals surface area contributed by atoms with Gasteiger partial charge in [0.1, 0.15) is 5.82 Å². The van der Waals surface area contributed by atoms with Crippen LogP contribution < -0.4 is 5.32 Å². The van der Waals surface area contributed by atoms with Gasteiger partial charge in [0.15, 0.2) is 0 Å². The summed E-state index contributed by atoms with van der Waals surface area (Å²) in [5, 5.41) is 3.01.